The first-order valence-electron chi connectivity index (χ1n) is 88.7. The fraction of sp³-hybridized carbons (Fsp3) is 0.641. The van der Waals surface area contributed by atoms with E-state index in [9.17, 15) is 31.5 Å². The summed E-state index contributed by atoms with van der Waals surface area (Å²) in [5.74, 6) is -42.5. The maximum atomic E-state index is 14.0. The second-order valence-corrected chi connectivity index (χ2v) is 33.3. The summed E-state index contributed by atoms with van der Waals surface area (Å²) >= 11 is 0. The summed E-state index contributed by atoms with van der Waals surface area (Å²) in [6.07, 6.45) is -51.0. The second kappa shape index (κ2) is 50.0. The van der Waals surface area contributed by atoms with E-state index in [1.807, 2.05) is 13.8 Å². The maximum absolute atomic E-state index is 14.0. The molecule has 6 fully saturated rings. The largest absolute Gasteiger partial charge is 0.493 e. The first kappa shape index (κ1) is 41.2. The molecule has 12 aliphatic heterocycles. The molecule has 6 saturated heterocycles. The molecule has 0 saturated carbocycles. The Morgan fingerprint density at radius 1 is 0.340 bits per heavy atom. The number of hydrogen-bond donors (Lipinski definition) is 0. The van der Waals surface area contributed by atoms with E-state index < -0.39 is 552 Å². The standard InChI is InChI=1S/3C20H29NO3.3C19H27NO3/c3*1-5-13(2)8-15-12-21-7-6-14-9-19(23-3)20(24-4)10-16(14)17(21)11-18(15)22;3*1-12(2)7-14-11-20-6-5-13-8-18(22-3)19(23-4)9-15(13)16(20)10-17(14)21/h3*9-10,13,15,17H,5-8,11-12H2,1-4H3;3*8-9,12,14,16H,5-7,10-11H2,1-4H3/i2D3,3D3,5D2,6D2,7D2,8D2,9D,10D,11D2,13D,15D,17D;2D3,3D3,5D2,8D2,9D,10D,11D2,12D2,13D,15D;2D3,3D3,5D2,6D2,7D2,8D2,9D,10D,13D,17D;3D3,5D2,6D2,8D,9D,11D2,16D;3D3,5D2,6D2,10D2,14D,16D;3D3,5D2,6D2,8D,9D,16D. The van der Waals surface area contributed by atoms with Gasteiger partial charge in [0.2, 0.25) is 0 Å². The number of nitrogens with zero attached hydrogens (tertiary/aromatic N) is 6. The van der Waals surface area contributed by atoms with Gasteiger partial charge in [-0.2, -0.15) is 0 Å². The van der Waals surface area contributed by atoms with Crippen molar-refractivity contribution in [3.63, 3.8) is 0 Å². The number of ketones is 6. The number of ether oxygens (including phenoxy) is 12. The highest BCUT2D eigenvalue weighted by molar-refractivity contribution is 5.86. The van der Waals surface area contributed by atoms with Gasteiger partial charge in [0.05, 0.1) is 130 Å². The van der Waals surface area contributed by atoms with Crippen molar-refractivity contribution < 1.29 is 209 Å². The summed E-state index contributed by atoms with van der Waals surface area (Å²) in [4.78, 5) is 83.5. The zero-order chi connectivity index (χ0) is 180. The molecule has 6 aromatic carbocycles. The molecule has 6 aromatic rings. The van der Waals surface area contributed by atoms with Crippen LogP contribution in [0.1, 0.15) is 405 Å². The number of carbonyl (C=O) groups is 6. The molecule has 0 aromatic heterocycles. The Hall–Kier alpha value is -9.30. The summed E-state index contributed by atoms with van der Waals surface area (Å²) in [5, 5.41) is 0. The average Bonchev–Trinajstić information content (AvgIpc) is 0.646. The summed E-state index contributed by atoms with van der Waals surface area (Å²) in [6.45, 7) is -26.5. The first-order valence-corrected chi connectivity index (χ1v) is 43.7. The van der Waals surface area contributed by atoms with Crippen molar-refractivity contribution in [3.05, 3.63) is 139 Å². The van der Waals surface area contributed by atoms with Crippen LogP contribution in [0.3, 0.4) is 0 Å². The van der Waals surface area contributed by atoms with Crippen molar-refractivity contribution >= 4 is 34.7 Å². The van der Waals surface area contributed by atoms with Crippen LogP contribution in [0, 0.1) is 70.9 Å². The third kappa shape index (κ3) is 25.6. The molecular formula is C117H168N6O18. The minimum absolute atomic E-state index is 0.0243. The Bertz CT molecular complexity index is 9770. The van der Waals surface area contributed by atoms with Crippen LogP contribution in [-0.4, -0.2) is 227 Å². The molecule has 12 aliphatic rings. The lowest BCUT2D eigenvalue weighted by molar-refractivity contribution is -0.130. The number of carbonyl (C=O) groups excluding carboxylic acids is 6. The fourth-order valence-electron chi connectivity index (χ4n) is 16.0. The molecule has 15 unspecified atom stereocenters. The molecule has 774 valence electrons. The van der Waals surface area contributed by atoms with E-state index in [0.29, 0.717) is 46.8 Å². The Balaban J connectivity index is 0.000000220. The van der Waals surface area contributed by atoms with Crippen LogP contribution < -0.4 is 56.8 Å². The molecule has 24 heteroatoms. The Morgan fingerprint density at radius 2 is 0.681 bits per heavy atom. The maximum Gasteiger partial charge on any atom is 0.161 e. The van der Waals surface area contributed by atoms with Crippen LogP contribution >= 0.6 is 0 Å². The smallest absolute Gasteiger partial charge is 0.161 e. The highest BCUT2D eigenvalue weighted by Crippen LogP contribution is 2.51. The number of aryl methyl sites for hydroxylation is 1. The summed E-state index contributed by atoms with van der Waals surface area (Å²) in [7, 11) is -12.7. The second-order valence-electron chi connectivity index (χ2n) is 33.3. The fourth-order valence-corrected chi connectivity index (χ4v) is 16.0. The first-order chi connectivity index (χ1) is 102. The lowest BCUT2D eigenvalue weighted by atomic mass is 9.79. The minimum Gasteiger partial charge on any atom is -0.493 e. The highest BCUT2D eigenvalue weighted by Gasteiger charge is 2.47. The van der Waals surface area contributed by atoms with Gasteiger partial charge < -0.3 is 56.8 Å². The van der Waals surface area contributed by atoms with E-state index >= 15 is 0 Å². The topological polar surface area (TPSA) is 233 Å². The van der Waals surface area contributed by atoms with Crippen LogP contribution in [-0.2, 0) is 67.1 Å². The van der Waals surface area contributed by atoms with Crippen molar-refractivity contribution in [3.8, 4) is 69.0 Å². The van der Waals surface area contributed by atoms with E-state index in [1.165, 1.54) is 0 Å². The summed E-state index contributed by atoms with van der Waals surface area (Å²) < 4.78 is 806. The van der Waals surface area contributed by atoms with Gasteiger partial charge >= 0.3 is 0 Å². The van der Waals surface area contributed by atoms with Crippen LogP contribution in [0.25, 0.3) is 0 Å². The van der Waals surface area contributed by atoms with Crippen LogP contribution in [0.4, 0.5) is 0 Å². The molecule has 0 aliphatic carbocycles. The van der Waals surface area contributed by atoms with Crippen LogP contribution in [0.2, 0.25) is 0 Å². The van der Waals surface area contributed by atoms with Gasteiger partial charge in [-0.15, -0.1) is 0 Å². The van der Waals surface area contributed by atoms with E-state index in [1.54, 1.807) is 27.7 Å². The van der Waals surface area contributed by atoms with Gasteiger partial charge in [0.15, 0.2) is 69.0 Å². The van der Waals surface area contributed by atoms with Crippen molar-refractivity contribution in [2.75, 3.05) is 163 Å². The minimum atomic E-state index is -4.21. The average molecular weight is 2040 g/mol. The Morgan fingerprint density at radius 3 is 1.13 bits per heavy atom. The monoisotopic (exact) mass is 2040 g/mol. The quantitative estimate of drug-likeness (QED) is 0.0466. The zero-order valence-electron chi connectivity index (χ0n) is 169. The number of rotatable bonds is 27. The van der Waals surface area contributed by atoms with Gasteiger partial charge in [0, 0.05) is 266 Å². The van der Waals surface area contributed by atoms with Crippen molar-refractivity contribution in [1.29, 1.82) is 0 Å². The molecule has 141 heavy (non-hydrogen) atoms. The highest BCUT2D eigenvalue weighted by atomic mass is 16.5. The van der Waals surface area contributed by atoms with E-state index in [-0.39, 0.29) is 59.1 Å². The number of Topliss-reactive ketones (excluding diaryl/α,β-unsaturated/α-hetero) is 6. The zero-order valence-corrected chi connectivity index (χ0v) is 79.2. The Kier molecular flexibility index (Phi) is 14.6. The summed E-state index contributed by atoms with van der Waals surface area (Å²) in [6, 6.07) is -23.3. The van der Waals surface area contributed by atoms with Crippen LogP contribution in [0.15, 0.2) is 72.6 Å². The molecule has 0 radical (unpaired) electrons. The van der Waals surface area contributed by atoms with Gasteiger partial charge in [-0.25, -0.2) is 0 Å². The van der Waals surface area contributed by atoms with Gasteiger partial charge in [-0.3, -0.25) is 58.2 Å². The predicted octanol–water partition coefficient (Wildman–Crippen LogP) is 20.6. The predicted molar refractivity (Wildman–Crippen MR) is 555 cm³/mol. The molecule has 15 atom stereocenters. The third-order valence-corrected chi connectivity index (χ3v) is 22.8. The van der Waals surface area contributed by atoms with Gasteiger partial charge in [-0.1, -0.05) is 102 Å². The number of benzene rings is 6. The lowest BCUT2D eigenvalue weighted by Crippen LogP contribution is -2.46. The third-order valence-electron chi connectivity index (χ3n) is 22.8. The lowest BCUT2D eigenvalue weighted by Gasteiger charge is -2.43. The van der Waals surface area contributed by atoms with Crippen molar-refractivity contribution in [1.82, 2.24) is 29.4 Å². The van der Waals surface area contributed by atoms with E-state index in [4.69, 9.17) is 177 Å². The Labute approximate surface area is 969 Å². The summed E-state index contributed by atoms with van der Waals surface area (Å²) in [5.41, 5.74) is -8.46. The van der Waals surface area contributed by atoms with Gasteiger partial charge in [-0.05, 0) is 251 Å². The molecule has 0 amide bonds. The van der Waals surface area contributed by atoms with Gasteiger partial charge in [0.1, 0.15) is 34.7 Å². The molecule has 0 bridgehead atoms. The number of piperidine rings is 6. The molecule has 12 heterocycles. The van der Waals surface area contributed by atoms with Gasteiger partial charge in [0.25, 0.3) is 0 Å². The molecule has 24 nitrogen and oxygen atoms in total. The van der Waals surface area contributed by atoms with Crippen molar-refractivity contribution in [2.45, 2.75) is 253 Å². The molecule has 18 rings (SSSR count). The number of hydrogen-bond acceptors (Lipinski definition) is 24. The molecular weight excluding hydrogens is 1780 g/mol. The SMILES string of the molecule is [2H]C([2H])([2H])Oc1cc2c(cc1OC)C1([2H])N(CC([2H])(CC(C)C)C(=O)C1([2H])[2H])C([2H])([2H])C2([2H])[2H].[2H]c1c(OC([2H])([2H])[2H])c(OC)c([2H])c2c1C([2H])([2H])C([2H])([2H])N1CC([2H])(C([2H])([2H])C([2H])(C([2H])([2H])[2H])C([2H])([2H])C)C(=O)C([2H])([2H])C21[2H].[2H]c1c(OC)c(OC([2H])([2H])[2H])c([2H])c2c1C1([2H])CC(=O)C(C([2H])([2H])C([2H])(C([2H])([2H])[2H])C([2H])([2H])C)CN1C([2H])([2H])C2([2H])[2H].[2H]c1c(OC)c(OC([2H])([2H])[2H])c([2H])c2c1C1([2H])CC(=O)C(CC(C)C)C([2H])([2H])N1C([2H])([2H])C2([2H])[2H].[2H]c1c(OC)c(OC([2H])([2H])[2H])c([2H])c2c1C1([2H])CC(=O)C(CC(C)C)CN1C([2H])([2H])C2([2H])[2H].[2H]c1c2c(c([2H])c(OC)c1OC([2H])([2H])[2H])C1N(CC2)C([2H])([2H])C([2H])(C([2H])([2H])C([2H])(C([2H])([2H])[2H])C([2H])([2H])C)C(=O)C1([2H])[2H]. The van der Waals surface area contributed by atoms with Crippen molar-refractivity contribution in [2.24, 2.45) is 70.9 Å². The number of fused-ring (bicyclic) bond motifs is 18. The normalized spacial score (nSPS) is 45.6. The molecule has 0 spiro atoms. The molecule has 0 N–H and O–H groups in total. The van der Waals surface area contributed by atoms with E-state index in [0.717, 1.165) is 59.7 Å². The number of methoxy groups -OCH3 is 12. The van der Waals surface area contributed by atoms with E-state index in [2.05, 4.69) is 0 Å². The van der Waals surface area contributed by atoms with Crippen LogP contribution in [0.5, 0.6) is 69.0 Å².